The molecule has 1 amide bonds. The summed E-state index contributed by atoms with van der Waals surface area (Å²) in [5, 5.41) is 3.04. The van der Waals surface area contributed by atoms with Crippen molar-refractivity contribution in [3.63, 3.8) is 0 Å². The summed E-state index contributed by atoms with van der Waals surface area (Å²) >= 11 is 1.33. The number of aromatic nitrogens is 3. The standard InChI is InChI=1S/C14H12N4O3S/c1-8-6-15-14(21)18(12(8)20)7-11(19)17-13-16-9-4-2-3-5-10(9)22-13/h2-6H,7H2,1H3,(H,15,21)(H,16,17,19). The molecule has 0 bridgehead atoms. The van der Waals surface area contributed by atoms with E-state index in [1.807, 2.05) is 24.3 Å². The first-order valence-electron chi connectivity index (χ1n) is 6.49. The number of H-pyrrole nitrogens is 1. The number of nitrogens with zero attached hydrogens (tertiary/aromatic N) is 2. The van der Waals surface area contributed by atoms with Crippen LogP contribution in [0.1, 0.15) is 5.56 Å². The Morgan fingerprint density at radius 3 is 2.91 bits per heavy atom. The predicted molar refractivity (Wildman–Crippen MR) is 84.3 cm³/mol. The number of rotatable bonds is 3. The largest absolute Gasteiger partial charge is 0.328 e. The molecule has 22 heavy (non-hydrogen) atoms. The van der Waals surface area contributed by atoms with Crippen molar-refractivity contribution in [2.45, 2.75) is 13.5 Å². The van der Waals surface area contributed by atoms with E-state index in [-0.39, 0.29) is 6.54 Å². The maximum atomic E-state index is 12.0. The number of nitrogens with one attached hydrogen (secondary N) is 2. The molecule has 0 aliphatic rings. The van der Waals surface area contributed by atoms with Gasteiger partial charge in [0.15, 0.2) is 5.13 Å². The summed E-state index contributed by atoms with van der Waals surface area (Å²) in [4.78, 5) is 42.2. The number of hydrogen-bond donors (Lipinski definition) is 2. The van der Waals surface area contributed by atoms with Crippen molar-refractivity contribution in [2.75, 3.05) is 5.32 Å². The summed E-state index contributed by atoms with van der Waals surface area (Å²) in [5.41, 5.74) is 0.0546. The van der Waals surface area contributed by atoms with Gasteiger partial charge in [0.25, 0.3) is 5.56 Å². The Morgan fingerprint density at radius 1 is 1.36 bits per heavy atom. The first-order valence-corrected chi connectivity index (χ1v) is 7.31. The summed E-state index contributed by atoms with van der Waals surface area (Å²) in [6, 6.07) is 7.49. The zero-order valence-corrected chi connectivity index (χ0v) is 12.4. The van der Waals surface area contributed by atoms with Gasteiger partial charge < -0.3 is 10.3 Å². The van der Waals surface area contributed by atoms with Gasteiger partial charge in [-0.3, -0.25) is 14.2 Å². The van der Waals surface area contributed by atoms with E-state index in [0.29, 0.717) is 10.7 Å². The fourth-order valence-corrected chi connectivity index (χ4v) is 2.87. The van der Waals surface area contributed by atoms with Gasteiger partial charge in [-0.2, -0.15) is 0 Å². The third-order valence-corrected chi connectivity index (χ3v) is 4.03. The number of fused-ring (bicyclic) bond motifs is 1. The Hall–Kier alpha value is -2.74. The first kappa shape index (κ1) is 14.2. The lowest BCUT2D eigenvalue weighted by Crippen LogP contribution is -2.39. The summed E-state index contributed by atoms with van der Waals surface area (Å²) in [5.74, 6) is -0.475. The number of carbonyl (C=O) groups is 1. The van der Waals surface area contributed by atoms with Crippen LogP contribution >= 0.6 is 11.3 Å². The molecule has 1 aromatic carbocycles. The van der Waals surface area contributed by atoms with Crippen LogP contribution in [0.2, 0.25) is 0 Å². The first-order chi connectivity index (χ1) is 10.5. The van der Waals surface area contributed by atoms with Crippen LogP contribution in [0.4, 0.5) is 5.13 Å². The van der Waals surface area contributed by atoms with E-state index in [9.17, 15) is 14.4 Å². The molecule has 7 nitrogen and oxygen atoms in total. The second-order valence-electron chi connectivity index (χ2n) is 4.70. The van der Waals surface area contributed by atoms with E-state index in [2.05, 4.69) is 15.3 Å². The summed E-state index contributed by atoms with van der Waals surface area (Å²) < 4.78 is 1.81. The normalized spacial score (nSPS) is 10.8. The van der Waals surface area contributed by atoms with Crippen molar-refractivity contribution >= 4 is 32.6 Å². The number of aryl methyl sites for hydroxylation is 1. The minimum absolute atomic E-state index is 0.355. The molecule has 2 heterocycles. The van der Waals surface area contributed by atoms with Crippen molar-refractivity contribution in [3.05, 3.63) is 56.9 Å². The van der Waals surface area contributed by atoms with Gasteiger partial charge >= 0.3 is 5.69 Å². The van der Waals surface area contributed by atoms with Gasteiger partial charge in [-0.05, 0) is 19.1 Å². The minimum Gasteiger partial charge on any atom is -0.314 e. The molecule has 112 valence electrons. The molecule has 0 fully saturated rings. The highest BCUT2D eigenvalue weighted by Gasteiger charge is 2.11. The van der Waals surface area contributed by atoms with E-state index >= 15 is 0 Å². The quantitative estimate of drug-likeness (QED) is 0.756. The average Bonchev–Trinajstić information content (AvgIpc) is 2.89. The summed E-state index contributed by atoms with van der Waals surface area (Å²) in [6.45, 7) is 1.21. The van der Waals surface area contributed by atoms with Gasteiger partial charge in [0, 0.05) is 11.8 Å². The number of anilines is 1. The maximum Gasteiger partial charge on any atom is 0.328 e. The number of benzene rings is 1. The number of thiazole rings is 1. The smallest absolute Gasteiger partial charge is 0.314 e. The summed E-state index contributed by atoms with van der Waals surface area (Å²) in [6.07, 6.45) is 1.33. The van der Waals surface area contributed by atoms with Crippen LogP contribution in [0.3, 0.4) is 0 Å². The third kappa shape index (κ3) is 2.68. The molecule has 2 N–H and O–H groups in total. The predicted octanol–water partition coefficient (Wildman–Crippen LogP) is 1.09. The third-order valence-electron chi connectivity index (χ3n) is 3.08. The highest BCUT2D eigenvalue weighted by molar-refractivity contribution is 7.22. The Morgan fingerprint density at radius 2 is 2.14 bits per heavy atom. The van der Waals surface area contributed by atoms with Gasteiger partial charge in [0.05, 0.1) is 10.2 Å². The lowest BCUT2D eigenvalue weighted by atomic mass is 10.3. The van der Waals surface area contributed by atoms with E-state index in [1.54, 1.807) is 6.92 Å². The number of hydrogen-bond acceptors (Lipinski definition) is 5. The van der Waals surface area contributed by atoms with Crippen molar-refractivity contribution in [1.82, 2.24) is 14.5 Å². The fraction of sp³-hybridized carbons (Fsp3) is 0.143. The molecule has 0 aliphatic heterocycles. The van der Waals surface area contributed by atoms with Crippen molar-refractivity contribution in [1.29, 1.82) is 0 Å². The Balaban J connectivity index is 1.82. The number of aromatic amines is 1. The van der Waals surface area contributed by atoms with Crippen LogP contribution in [0.25, 0.3) is 10.2 Å². The maximum absolute atomic E-state index is 12.0. The molecule has 0 radical (unpaired) electrons. The van der Waals surface area contributed by atoms with Gasteiger partial charge in [0.2, 0.25) is 5.91 Å². The average molecular weight is 316 g/mol. The van der Waals surface area contributed by atoms with Crippen LogP contribution < -0.4 is 16.6 Å². The van der Waals surface area contributed by atoms with Gasteiger partial charge in [-0.1, -0.05) is 23.5 Å². The number of carbonyl (C=O) groups excluding carboxylic acids is 1. The van der Waals surface area contributed by atoms with Gasteiger partial charge in [-0.15, -0.1) is 0 Å². The Kier molecular flexibility index (Phi) is 3.60. The second-order valence-corrected chi connectivity index (χ2v) is 5.73. The second kappa shape index (κ2) is 5.57. The topological polar surface area (TPSA) is 96.8 Å². The molecule has 3 rings (SSSR count). The van der Waals surface area contributed by atoms with Crippen LogP contribution in [0.5, 0.6) is 0 Å². The van der Waals surface area contributed by atoms with Crippen LogP contribution in [0.15, 0.2) is 40.1 Å². The molecule has 0 unspecified atom stereocenters. The molecular formula is C14H12N4O3S. The molecule has 0 aliphatic carbocycles. The molecule has 0 saturated carbocycles. The molecule has 0 spiro atoms. The van der Waals surface area contributed by atoms with E-state index in [0.717, 1.165) is 14.8 Å². The lowest BCUT2D eigenvalue weighted by Gasteiger charge is -2.04. The van der Waals surface area contributed by atoms with E-state index in [4.69, 9.17) is 0 Å². The van der Waals surface area contributed by atoms with Crippen molar-refractivity contribution in [2.24, 2.45) is 0 Å². The monoisotopic (exact) mass is 316 g/mol. The number of amides is 1. The molecule has 8 heteroatoms. The molecular weight excluding hydrogens is 304 g/mol. The molecule has 0 saturated heterocycles. The Labute approximate surface area is 128 Å². The molecule has 0 atom stereocenters. The van der Waals surface area contributed by atoms with Crippen LogP contribution in [0, 0.1) is 6.92 Å². The van der Waals surface area contributed by atoms with Crippen molar-refractivity contribution in [3.8, 4) is 0 Å². The van der Waals surface area contributed by atoms with E-state index in [1.165, 1.54) is 17.5 Å². The van der Waals surface area contributed by atoms with Gasteiger partial charge in [-0.25, -0.2) is 9.78 Å². The highest BCUT2D eigenvalue weighted by Crippen LogP contribution is 2.25. The van der Waals surface area contributed by atoms with E-state index < -0.39 is 17.2 Å². The van der Waals surface area contributed by atoms with Crippen LogP contribution in [-0.2, 0) is 11.3 Å². The SMILES string of the molecule is Cc1c[nH]c(=O)n(CC(=O)Nc2nc3ccccc3s2)c1=O. The zero-order valence-electron chi connectivity index (χ0n) is 11.6. The minimum atomic E-state index is -0.616. The van der Waals surface area contributed by atoms with Crippen molar-refractivity contribution < 1.29 is 4.79 Å². The fourth-order valence-electron chi connectivity index (χ4n) is 1.99. The van der Waals surface area contributed by atoms with Gasteiger partial charge in [0.1, 0.15) is 6.54 Å². The highest BCUT2D eigenvalue weighted by atomic mass is 32.1. The number of para-hydroxylation sites is 1. The van der Waals surface area contributed by atoms with Crippen LogP contribution in [-0.4, -0.2) is 20.4 Å². The molecule has 2 aromatic heterocycles. The Bertz CT molecular complexity index is 937. The summed E-state index contributed by atoms with van der Waals surface area (Å²) in [7, 11) is 0. The zero-order chi connectivity index (χ0) is 15.7. The lowest BCUT2D eigenvalue weighted by molar-refractivity contribution is -0.116. The molecule has 3 aromatic rings.